The summed E-state index contributed by atoms with van der Waals surface area (Å²) in [5.74, 6) is 1.97. The zero-order valence-electron chi connectivity index (χ0n) is 19.6. The van der Waals surface area contributed by atoms with E-state index in [2.05, 4.69) is 29.2 Å². The molecule has 1 saturated carbocycles. The van der Waals surface area contributed by atoms with E-state index in [0.717, 1.165) is 24.8 Å². The van der Waals surface area contributed by atoms with Crippen molar-refractivity contribution < 1.29 is 19.0 Å². The summed E-state index contributed by atoms with van der Waals surface area (Å²) in [6.07, 6.45) is 5.16. The van der Waals surface area contributed by atoms with Crippen molar-refractivity contribution in [1.82, 2.24) is 9.80 Å². The van der Waals surface area contributed by atoms with Crippen molar-refractivity contribution in [2.75, 3.05) is 53.6 Å². The number of carbonyl (C=O) groups excluding carboxylic acids is 1. The third kappa shape index (κ3) is 7.28. The molecule has 2 fully saturated rings. The Hall–Kier alpha value is -1.47. The van der Waals surface area contributed by atoms with E-state index in [1.54, 1.807) is 19.1 Å². The monoisotopic (exact) mass is 432 g/mol. The number of benzene rings is 1. The third-order valence-corrected chi connectivity index (χ3v) is 6.86. The highest BCUT2D eigenvalue weighted by molar-refractivity contribution is 5.76. The molecule has 0 radical (unpaired) electrons. The number of hydrogen-bond donors (Lipinski definition) is 0. The van der Waals surface area contributed by atoms with Gasteiger partial charge in [-0.2, -0.15) is 0 Å². The predicted molar refractivity (Wildman–Crippen MR) is 122 cm³/mol. The van der Waals surface area contributed by atoms with Gasteiger partial charge in [0, 0.05) is 40.4 Å². The van der Waals surface area contributed by atoms with Crippen LogP contribution in [-0.4, -0.2) is 75.6 Å². The molecular weight excluding hydrogens is 392 g/mol. The maximum atomic E-state index is 12.3. The Balaban J connectivity index is 1.30. The van der Waals surface area contributed by atoms with E-state index in [1.165, 1.54) is 43.5 Å². The molecule has 2 unspecified atom stereocenters. The zero-order chi connectivity index (χ0) is 22.1. The van der Waals surface area contributed by atoms with E-state index in [4.69, 9.17) is 14.2 Å². The number of fused-ring (bicyclic) bond motifs is 1. The van der Waals surface area contributed by atoms with Gasteiger partial charge >= 0.3 is 0 Å². The molecule has 1 aliphatic heterocycles. The second kappa shape index (κ2) is 12.5. The first-order valence-electron chi connectivity index (χ1n) is 11.8. The number of ether oxygens (including phenoxy) is 3. The molecule has 1 heterocycles. The fraction of sp³-hybridized carbons (Fsp3) is 0.720. The molecule has 0 N–H and O–H groups in total. The van der Waals surface area contributed by atoms with Crippen LogP contribution >= 0.6 is 0 Å². The molecule has 2 aliphatic rings. The number of nitrogens with zero attached hydrogens (tertiary/aromatic N) is 2. The van der Waals surface area contributed by atoms with Gasteiger partial charge in [0.15, 0.2) is 6.29 Å². The number of carbonyl (C=O) groups is 1. The maximum absolute atomic E-state index is 12.3. The molecule has 6 nitrogen and oxygen atoms in total. The van der Waals surface area contributed by atoms with Crippen LogP contribution in [0, 0.1) is 11.8 Å². The summed E-state index contributed by atoms with van der Waals surface area (Å²) >= 11 is 0. The summed E-state index contributed by atoms with van der Waals surface area (Å²) in [7, 11) is 3.16. The lowest BCUT2D eigenvalue weighted by molar-refractivity contribution is -0.145. The van der Waals surface area contributed by atoms with E-state index in [0.29, 0.717) is 32.7 Å². The van der Waals surface area contributed by atoms with Crippen molar-refractivity contribution in [3.05, 3.63) is 35.4 Å². The SMILES string of the molecule is CCN(CC(OC)OC)C(=O)CCOCCc1ccc(CN2CC3CCCC3C2)cc1. The standard InChI is InChI=1S/C25H40N2O4/c1-4-27(19-25(29-2)30-3)24(28)13-15-31-14-12-20-8-10-21(11-9-20)16-26-17-22-6-5-7-23(22)18-26/h8-11,22-23,25H,4-7,12-19H2,1-3H3. The molecule has 2 atom stereocenters. The first-order valence-corrected chi connectivity index (χ1v) is 11.8. The van der Waals surface area contributed by atoms with E-state index < -0.39 is 6.29 Å². The Labute approximate surface area is 187 Å². The van der Waals surface area contributed by atoms with Gasteiger partial charge in [-0.15, -0.1) is 0 Å². The van der Waals surface area contributed by atoms with Crippen LogP contribution in [0.3, 0.4) is 0 Å². The van der Waals surface area contributed by atoms with Crippen LogP contribution in [0.2, 0.25) is 0 Å². The number of hydrogen-bond acceptors (Lipinski definition) is 5. The smallest absolute Gasteiger partial charge is 0.225 e. The molecule has 1 aliphatic carbocycles. The summed E-state index contributed by atoms with van der Waals surface area (Å²) in [6.45, 7) is 7.74. The lowest BCUT2D eigenvalue weighted by Crippen LogP contribution is -2.39. The van der Waals surface area contributed by atoms with E-state index in [9.17, 15) is 4.79 Å². The average molecular weight is 433 g/mol. The lowest BCUT2D eigenvalue weighted by atomic mass is 10.0. The van der Waals surface area contributed by atoms with Crippen molar-refractivity contribution in [1.29, 1.82) is 0 Å². The van der Waals surface area contributed by atoms with Crippen LogP contribution < -0.4 is 0 Å². The zero-order valence-corrected chi connectivity index (χ0v) is 19.6. The fourth-order valence-corrected chi connectivity index (χ4v) is 4.97. The van der Waals surface area contributed by atoms with Gasteiger partial charge in [-0.1, -0.05) is 30.7 Å². The Kier molecular flexibility index (Phi) is 9.78. The van der Waals surface area contributed by atoms with Crippen molar-refractivity contribution >= 4 is 5.91 Å². The van der Waals surface area contributed by atoms with Gasteiger partial charge in [0.1, 0.15) is 0 Å². The molecule has 3 rings (SSSR count). The number of methoxy groups -OCH3 is 2. The van der Waals surface area contributed by atoms with Crippen LogP contribution in [-0.2, 0) is 32.0 Å². The van der Waals surface area contributed by atoms with Gasteiger partial charge in [0.2, 0.25) is 5.91 Å². The van der Waals surface area contributed by atoms with E-state index in [-0.39, 0.29) is 5.91 Å². The van der Waals surface area contributed by atoms with E-state index >= 15 is 0 Å². The molecule has 31 heavy (non-hydrogen) atoms. The van der Waals surface area contributed by atoms with Crippen molar-refractivity contribution in [3.8, 4) is 0 Å². The normalized spacial score (nSPS) is 21.0. The van der Waals surface area contributed by atoms with Gasteiger partial charge in [0.25, 0.3) is 0 Å². The summed E-state index contributed by atoms with van der Waals surface area (Å²) < 4.78 is 16.1. The van der Waals surface area contributed by atoms with Gasteiger partial charge in [0.05, 0.1) is 26.2 Å². The quantitative estimate of drug-likeness (QED) is 0.353. The van der Waals surface area contributed by atoms with Crippen molar-refractivity contribution in [2.45, 2.75) is 51.9 Å². The van der Waals surface area contributed by atoms with Gasteiger partial charge in [-0.3, -0.25) is 9.69 Å². The fourth-order valence-electron chi connectivity index (χ4n) is 4.97. The topological polar surface area (TPSA) is 51.2 Å². The molecule has 1 aromatic carbocycles. The Morgan fingerprint density at radius 1 is 1.06 bits per heavy atom. The van der Waals surface area contributed by atoms with Gasteiger partial charge in [-0.25, -0.2) is 0 Å². The first kappa shape index (κ1) is 24.2. The number of amides is 1. The van der Waals surface area contributed by atoms with Crippen LogP contribution in [0.25, 0.3) is 0 Å². The highest BCUT2D eigenvalue weighted by Crippen LogP contribution is 2.38. The lowest BCUT2D eigenvalue weighted by Gasteiger charge is -2.25. The minimum atomic E-state index is -0.391. The summed E-state index contributed by atoms with van der Waals surface area (Å²) in [6, 6.07) is 8.95. The predicted octanol–water partition coefficient (Wildman–Crippen LogP) is 3.34. The molecule has 0 spiro atoms. The molecule has 1 saturated heterocycles. The van der Waals surface area contributed by atoms with Crippen LogP contribution in [0.1, 0.15) is 43.7 Å². The van der Waals surface area contributed by atoms with Crippen molar-refractivity contribution in [3.63, 3.8) is 0 Å². The minimum Gasteiger partial charge on any atom is -0.381 e. The van der Waals surface area contributed by atoms with Crippen LogP contribution in [0.4, 0.5) is 0 Å². The highest BCUT2D eigenvalue weighted by atomic mass is 16.7. The number of likely N-dealkylation sites (N-methyl/N-ethyl adjacent to an activating group) is 1. The largest absolute Gasteiger partial charge is 0.381 e. The highest BCUT2D eigenvalue weighted by Gasteiger charge is 2.35. The molecule has 1 aromatic rings. The summed E-state index contributed by atoms with van der Waals surface area (Å²) in [5.41, 5.74) is 2.69. The molecular formula is C25H40N2O4. The minimum absolute atomic E-state index is 0.0667. The summed E-state index contributed by atoms with van der Waals surface area (Å²) in [4.78, 5) is 16.7. The molecule has 174 valence electrons. The average Bonchev–Trinajstić information content (AvgIpc) is 3.37. The second-order valence-electron chi connectivity index (χ2n) is 8.91. The first-order chi connectivity index (χ1) is 15.1. The third-order valence-electron chi connectivity index (χ3n) is 6.86. The van der Waals surface area contributed by atoms with Crippen LogP contribution in [0.5, 0.6) is 0 Å². The summed E-state index contributed by atoms with van der Waals surface area (Å²) in [5, 5.41) is 0. The van der Waals surface area contributed by atoms with E-state index in [1.807, 2.05) is 6.92 Å². The Bertz CT molecular complexity index is 650. The van der Waals surface area contributed by atoms with Gasteiger partial charge < -0.3 is 19.1 Å². The van der Waals surface area contributed by atoms with Gasteiger partial charge in [-0.05, 0) is 49.1 Å². The molecule has 0 bridgehead atoms. The molecule has 0 aromatic heterocycles. The molecule has 6 heteroatoms. The Morgan fingerprint density at radius 3 is 2.32 bits per heavy atom. The maximum Gasteiger partial charge on any atom is 0.225 e. The number of likely N-dealkylation sites (tertiary alicyclic amines) is 1. The second-order valence-corrected chi connectivity index (χ2v) is 8.91. The van der Waals surface area contributed by atoms with Crippen LogP contribution in [0.15, 0.2) is 24.3 Å². The number of rotatable bonds is 13. The Morgan fingerprint density at radius 2 is 1.71 bits per heavy atom. The van der Waals surface area contributed by atoms with Crippen molar-refractivity contribution in [2.24, 2.45) is 11.8 Å². The molecule has 1 amide bonds.